The van der Waals surface area contributed by atoms with Crippen molar-refractivity contribution in [1.82, 2.24) is 10.2 Å². The van der Waals surface area contributed by atoms with E-state index in [1.54, 1.807) is 6.20 Å². The van der Waals surface area contributed by atoms with Crippen LogP contribution in [0.4, 0.5) is 5.82 Å². The molecule has 0 aliphatic heterocycles. The lowest BCUT2D eigenvalue weighted by Gasteiger charge is -2.14. The molecule has 1 amide bonds. The van der Waals surface area contributed by atoms with E-state index < -0.39 is 0 Å². The zero-order chi connectivity index (χ0) is 13.0. The Kier molecular flexibility index (Phi) is 3.77. The summed E-state index contributed by atoms with van der Waals surface area (Å²) in [6.45, 7) is 3.92. The van der Waals surface area contributed by atoms with Gasteiger partial charge in [0.15, 0.2) is 0 Å². The van der Waals surface area contributed by atoms with E-state index in [0.717, 1.165) is 17.5 Å². The number of rotatable bonds is 4. The molecule has 1 atom stereocenters. The van der Waals surface area contributed by atoms with Gasteiger partial charge in [0.2, 0.25) is 5.91 Å². The normalized spacial score (nSPS) is 12.1. The molecule has 0 aliphatic rings. The molecule has 0 saturated carbocycles. The molecule has 0 aliphatic carbocycles. The zero-order valence-electron chi connectivity index (χ0n) is 10.6. The topological polar surface area (TPSA) is 57.8 Å². The fourth-order valence-electron chi connectivity index (χ4n) is 1.94. The molecule has 1 heterocycles. The number of anilines is 1. The first-order valence-electron chi connectivity index (χ1n) is 6.08. The lowest BCUT2D eigenvalue weighted by atomic mass is 9.96. The van der Waals surface area contributed by atoms with Gasteiger partial charge in [-0.1, -0.05) is 37.3 Å². The van der Waals surface area contributed by atoms with E-state index in [0.29, 0.717) is 5.82 Å². The van der Waals surface area contributed by atoms with Crippen molar-refractivity contribution in [2.24, 2.45) is 0 Å². The fourth-order valence-corrected chi connectivity index (χ4v) is 1.94. The van der Waals surface area contributed by atoms with Gasteiger partial charge in [0.1, 0.15) is 5.82 Å². The summed E-state index contributed by atoms with van der Waals surface area (Å²) < 4.78 is 0. The molecule has 2 aromatic rings. The number of nitrogens with zero attached hydrogens (tertiary/aromatic N) is 1. The van der Waals surface area contributed by atoms with Crippen molar-refractivity contribution in [2.45, 2.75) is 26.2 Å². The van der Waals surface area contributed by atoms with Crippen LogP contribution in [0.15, 0.2) is 36.5 Å². The second-order valence-corrected chi connectivity index (χ2v) is 4.29. The summed E-state index contributed by atoms with van der Waals surface area (Å²) in [6, 6.07) is 9.81. The highest BCUT2D eigenvalue weighted by atomic mass is 16.1. The van der Waals surface area contributed by atoms with Crippen LogP contribution in [-0.2, 0) is 4.79 Å². The average molecular weight is 243 g/mol. The van der Waals surface area contributed by atoms with E-state index in [9.17, 15) is 4.79 Å². The molecule has 1 aromatic carbocycles. The molecule has 4 heteroatoms. The molecule has 0 fully saturated rings. The standard InChI is InChI=1S/C14H17N3O/c1-3-12(11-7-5-4-6-8-11)14(18)16-13-10(2)9-15-17-13/h4-9,12H,3H2,1-2H3,(H2,15,16,17,18). The zero-order valence-corrected chi connectivity index (χ0v) is 10.6. The molecule has 94 valence electrons. The number of amides is 1. The number of H-pyrrole nitrogens is 1. The second-order valence-electron chi connectivity index (χ2n) is 4.29. The number of benzene rings is 1. The third-order valence-electron chi connectivity index (χ3n) is 3.00. The first-order chi connectivity index (χ1) is 8.72. The molecule has 2 N–H and O–H groups in total. The minimum atomic E-state index is -0.131. The number of aromatic nitrogens is 2. The molecule has 2 rings (SSSR count). The highest BCUT2D eigenvalue weighted by Gasteiger charge is 2.19. The maximum Gasteiger partial charge on any atom is 0.233 e. The first kappa shape index (κ1) is 12.4. The fraction of sp³-hybridized carbons (Fsp3) is 0.286. The number of aromatic amines is 1. The van der Waals surface area contributed by atoms with Gasteiger partial charge in [-0.05, 0) is 18.9 Å². The molecule has 0 radical (unpaired) electrons. The van der Waals surface area contributed by atoms with Crippen LogP contribution >= 0.6 is 0 Å². The predicted octanol–water partition coefficient (Wildman–Crippen LogP) is 2.85. The van der Waals surface area contributed by atoms with Gasteiger partial charge in [0.25, 0.3) is 0 Å². The average Bonchev–Trinajstić information content (AvgIpc) is 2.77. The number of hydrogen-bond acceptors (Lipinski definition) is 2. The van der Waals surface area contributed by atoms with E-state index in [-0.39, 0.29) is 11.8 Å². The van der Waals surface area contributed by atoms with Gasteiger partial charge in [-0.3, -0.25) is 9.89 Å². The Hall–Kier alpha value is -2.10. The van der Waals surface area contributed by atoms with Crippen LogP contribution in [0.5, 0.6) is 0 Å². The van der Waals surface area contributed by atoms with Gasteiger partial charge in [-0.25, -0.2) is 0 Å². The molecule has 4 nitrogen and oxygen atoms in total. The van der Waals surface area contributed by atoms with Crippen LogP contribution in [-0.4, -0.2) is 16.1 Å². The van der Waals surface area contributed by atoms with Crippen LogP contribution in [0.1, 0.15) is 30.4 Å². The van der Waals surface area contributed by atoms with Crippen LogP contribution in [0, 0.1) is 6.92 Å². The highest BCUT2D eigenvalue weighted by molar-refractivity contribution is 5.95. The van der Waals surface area contributed by atoms with Gasteiger partial charge < -0.3 is 5.32 Å². The van der Waals surface area contributed by atoms with Crippen molar-refractivity contribution in [2.75, 3.05) is 5.32 Å². The van der Waals surface area contributed by atoms with E-state index in [1.165, 1.54) is 0 Å². The molecule has 1 unspecified atom stereocenters. The van der Waals surface area contributed by atoms with E-state index in [1.807, 2.05) is 44.2 Å². The summed E-state index contributed by atoms with van der Waals surface area (Å²) in [5, 5.41) is 9.56. The SMILES string of the molecule is CCC(C(=O)Nc1[nH]ncc1C)c1ccccc1. The van der Waals surface area contributed by atoms with Crippen molar-refractivity contribution < 1.29 is 4.79 Å². The van der Waals surface area contributed by atoms with E-state index in [4.69, 9.17) is 0 Å². The number of carbonyl (C=O) groups excluding carboxylic acids is 1. The predicted molar refractivity (Wildman–Crippen MR) is 71.4 cm³/mol. The van der Waals surface area contributed by atoms with Crippen LogP contribution in [0.25, 0.3) is 0 Å². The Morgan fingerprint density at radius 2 is 2.11 bits per heavy atom. The quantitative estimate of drug-likeness (QED) is 0.867. The Balaban J connectivity index is 2.14. The highest BCUT2D eigenvalue weighted by Crippen LogP contribution is 2.21. The summed E-state index contributed by atoms with van der Waals surface area (Å²) in [4.78, 5) is 12.2. The number of carbonyl (C=O) groups is 1. The monoisotopic (exact) mass is 243 g/mol. The Morgan fingerprint density at radius 3 is 2.67 bits per heavy atom. The van der Waals surface area contributed by atoms with E-state index in [2.05, 4.69) is 15.5 Å². The Labute approximate surface area is 106 Å². The molecule has 0 bridgehead atoms. The van der Waals surface area contributed by atoms with Gasteiger partial charge in [0.05, 0.1) is 12.1 Å². The maximum atomic E-state index is 12.2. The lowest BCUT2D eigenvalue weighted by molar-refractivity contribution is -0.117. The molecule has 0 spiro atoms. The molecular weight excluding hydrogens is 226 g/mol. The van der Waals surface area contributed by atoms with Gasteiger partial charge in [-0.2, -0.15) is 5.10 Å². The Bertz CT molecular complexity index is 519. The number of nitrogens with one attached hydrogen (secondary N) is 2. The van der Waals surface area contributed by atoms with Crippen molar-refractivity contribution in [3.63, 3.8) is 0 Å². The van der Waals surface area contributed by atoms with Gasteiger partial charge in [-0.15, -0.1) is 0 Å². The third-order valence-corrected chi connectivity index (χ3v) is 3.00. The summed E-state index contributed by atoms with van der Waals surface area (Å²) in [7, 11) is 0. The lowest BCUT2D eigenvalue weighted by Crippen LogP contribution is -2.21. The van der Waals surface area contributed by atoms with Crippen molar-refractivity contribution >= 4 is 11.7 Å². The summed E-state index contributed by atoms with van der Waals surface area (Å²) in [6.07, 6.45) is 2.46. The van der Waals surface area contributed by atoms with Crippen LogP contribution in [0.3, 0.4) is 0 Å². The molecule has 0 saturated heterocycles. The minimum absolute atomic E-state index is 0.00366. The van der Waals surface area contributed by atoms with Crippen molar-refractivity contribution in [1.29, 1.82) is 0 Å². The van der Waals surface area contributed by atoms with Crippen molar-refractivity contribution in [3.8, 4) is 0 Å². The molecule has 18 heavy (non-hydrogen) atoms. The summed E-state index contributed by atoms with van der Waals surface area (Å²) in [5.74, 6) is 0.541. The van der Waals surface area contributed by atoms with Crippen LogP contribution in [0.2, 0.25) is 0 Å². The first-order valence-corrected chi connectivity index (χ1v) is 6.08. The number of aryl methyl sites for hydroxylation is 1. The summed E-state index contributed by atoms with van der Waals surface area (Å²) >= 11 is 0. The third kappa shape index (κ3) is 2.59. The molecule has 1 aromatic heterocycles. The Morgan fingerprint density at radius 1 is 1.39 bits per heavy atom. The smallest absolute Gasteiger partial charge is 0.233 e. The minimum Gasteiger partial charge on any atom is -0.310 e. The number of hydrogen-bond donors (Lipinski definition) is 2. The maximum absolute atomic E-state index is 12.2. The second kappa shape index (κ2) is 5.49. The largest absolute Gasteiger partial charge is 0.310 e. The van der Waals surface area contributed by atoms with Crippen LogP contribution < -0.4 is 5.32 Å². The molecular formula is C14H17N3O. The van der Waals surface area contributed by atoms with Gasteiger partial charge in [0, 0.05) is 5.56 Å². The van der Waals surface area contributed by atoms with Gasteiger partial charge >= 0.3 is 0 Å². The summed E-state index contributed by atoms with van der Waals surface area (Å²) in [5.41, 5.74) is 1.97. The van der Waals surface area contributed by atoms with E-state index >= 15 is 0 Å². The van der Waals surface area contributed by atoms with Crippen molar-refractivity contribution in [3.05, 3.63) is 47.7 Å².